The van der Waals surface area contributed by atoms with Crippen molar-refractivity contribution in [2.45, 2.75) is 36.8 Å². The number of carbonyl (C=O) groups is 2. The van der Waals surface area contributed by atoms with E-state index in [0.29, 0.717) is 29.5 Å². The molecule has 1 heterocycles. The Labute approximate surface area is 135 Å². The van der Waals surface area contributed by atoms with Gasteiger partial charge < -0.3 is 5.11 Å². The second-order valence-corrected chi connectivity index (χ2v) is 6.98. The van der Waals surface area contributed by atoms with Crippen molar-refractivity contribution in [1.82, 2.24) is 4.90 Å². The summed E-state index contributed by atoms with van der Waals surface area (Å²) in [5, 5.41) is 10.8. The first-order valence-electron chi connectivity index (χ1n) is 7.95. The molecule has 0 spiro atoms. The largest absolute Gasteiger partial charge is 0.389 e. The average Bonchev–Trinajstić information content (AvgIpc) is 3.33. The van der Waals surface area contributed by atoms with Crippen LogP contribution in [-0.2, 0) is 0 Å². The molecule has 2 fully saturated rings. The predicted molar refractivity (Wildman–Crippen MR) is 85.9 cm³/mol. The molecular formula is C19H19NO3. The number of nitrogens with zero attached hydrogens (tertiary/aromatic N) is 1. The fraction of sp³-hybridized carbons (Fsp3) is 0.368. The topological polar surface area (TPSA) is 57.6 Å². The average molecular weight is 309 g/mol. The fourth-order valence-electron chi connectivity index (χ4n) is 4.17. The lowest BCUT2D eigenvalue weighted by Gasteiger charge is -2.57. The molecule has 2 saturated carbocycles. The highest BCUT2D eigenvalue weighted by Gasteiger charge is 2.66. The van der Waals surface area contributed by atoms with Gasteiger partial charge in [0.05, 0.1) is 22.3 Å². The van der Waals surface area contributed by atoms with Gasteiger partial charge in [-0.2, -0.15) is 0 Å². The molecule has 0 unspecified atom stereocenters. The van der Waals surface area contributed by atoms with E-state index in [-0.39, 0.29) is 17.7 Å². The number of benzene rings is 1. The summed E-state index contributed by atoms with van der Waals surface area (Å²) in [6.07, 6.45) is 4.34. The third-order valence-corrected chi connectivity index (χ3v) is 5.60. The molecule has 0 aromatic heterocycles. The minimum absolute atomic E-state index is 0.281. The van der Waals surface area contributed by atoms with E-state index < -0.39 is 11.1 Å². The van der Waals surface area contributed by atoms with Crippen molar-refractivity contribution >= 4 is 11.8 Å². The summed E-state index contributed by atoms with van der Waals surface area (Å²) < 4.78 is 0. The van der Waals surface area contributed by atoms with Gasteiger partial charge in [0, 0.05) is 12.8 Å². The lowest BCUT2D eigenvalue weighted by atomic mass is 9.58. The number of carbonyl (C=O) groups excluding carboxylic acids is 2. The molecule has 1 aromatic rings. The van der Waals surface area contributed by atoms with Crippen LogP contribution >= 0.6 is 0 Å². The van der Waals surface area contributed by atoms with Gasteiger partial charge in [-0.05, 0) is 36.5 Å². The molecule has 1 aromatic carbocycles. The molecule has 2 amide bonds. The highest BCUT2D eigenvalue weighted by atomic mass is 16.3. The van der Waals surface area contributed by atoms with Crippen molar-refractivity contribution in [2.24, 2.45) is 5.92 Å². The summed E-state index contributed by atoms with van der Waals surface area (Å²) in [7, 11) is 0. The monoisotopic (exact) mass is 309 g/mol. The van der Waals surface area contributed by atoms with Crippen LogP contribution in [0.1, 0.15) is 46.4 Å². The molecule has 0 saturated heterocycles. The smallest absolute Gasteiger partial charge is 0.262 e. The summed E-state index contributed by atoms with van der Waals surface area (Å²) in [6, 6.07) is 6.85. The zero-order chi connectivity index (χ0) is 16.4. The summed E-state index contributed by atoms with van der Waals surface area (Å²) in [6.45, 7) is 7.77. The zero-order valence-corrected chi connectivity index (χ0v) is 12.9. The molecule has 1 N–H and O–H groups in total. The Balaban J connectivity index is 1.75. The fourth-order valence-corrected chi connectivity index (χ4v) is 4.17. The number of aliphatic hydroxyl groups is 1. The molecule has 1 aliphatic heterocycles. The highest BCUT2D eigenvalue weighted by molar-refractivity contribution is 6.22. The first-order chi connectivity index (χ1) is 10.9. The Bertz CT molecular complexity index is 719. The Morgan fingerprint density at radius 1 is 1.17 bits per heavy atom. The molecule has 4 rings (SSSR count). The molecule has 0 bridgehead atoms. The Morgan fingerprint density at radius 3 is 2.13 bits per heavy atom. The minimum atomic E-state index is -0.841. The van der Waals surface area contributed by atoms with Gasteiger partial charge in [0.2, 0.25) is 0 Å². The van der Waals surface area contributed by atoms with Crippen LogP contribution in [0.4, 0.5) is 0 Å². The van der Waals surface area contributed by atoms with E-state index in [4.69, 9.17) is 0 Å². The van der Waals surface area contributed by atoms with Gasteiger partial charge in [0.1, 0.15) is 0 Å². The number of amides is 2. The van der Waals surface area contributed by atoms with Gasteiger partial charge in [0.25, 0.3) is 11.8 Å². The number of hydrogen-bond donors (Lipinski definition) is 1. The van der Waals surface area contributed by atoms with Crippen molar-refractivity contribution in [2.75, 3.05) is 0 Å². The van der Waals surface area contributed by atoms with E-state index in [1.807, 2.05) is 0 Å². The van der Waals surface area contributed by atoms with Crippen LogP contribution in [0.15, 0.2) is 49.1 Å². The lowest BCUT2D eigenvalue weighted by molar-refractivity contribution is -0.124. The molecule has 0 atom stereocenters. The van der Waals surface area contributed by atoms with Crippen LogP contribution in [0.25, 0.3) is 0 Å². The summed E-state index contributed by atoms with van der Waals surface area (Å²) in [5.41, 5.74) is -0.156. The van der Waals surface area contributed by atoms with E-state index in [1.165, 1.54) is 4.90 Å². The SMILES string of the molecule is C=CC(=C)C1(N2C(=O)c3ccccc3C2=O)CC(O)(C2CC2)C1. The van der Waals surface area contributed by atoms with Crippen molar-refractivity contribution in [3.8, 4) is 0 Å². The van der Waals surface area contributed by atoms with E-state index >= 15 is 0 Å². The first kappa shape index (κ1) is 14.4. The summed E-state index contributed by atoms with van der Waals surface area (Å²) in [5.74, 6) is -0.318. The van der Waals surface area contributed by atoms with Gasteiger partial charge in [-0.25, -0.2) is 0 Å². The first-order valence-corrected chi connectivity index (χ1v) is 7.95. The van der Waals surface area contributed by atoms with Crippen LogP contribution in [-0.4, -0.2) is 33.0 Å². The Hall–Kier alpha value is -2.20. The van der Waals surface area contributed by atoms with Gasteiger partial charge in [-0.1, -0.05) is 31.4 Å². The molecule has 2 aliphatic carbocycles. The number of rotatable bonds is 4. The molecule has 3 aliphatic rings. The highest BCUT2D eigenvalue weighted by Crippen LogP contribution is 2.59. The Morgan fingerprint density at radius 2 is 1.70 bits per heavy atom. The third-order valence-electron chi connectivity index (χ3n) is 5.60. The minimum Gasteiger partial charge on any atom is -0.389 e. The van der Waals surface area contributed by atoms with Crippen molar-refractivity contribution in [3.05, 3.63) is 60.2 Å². The zero-order valence-electron chi connectivity index (χ0n) is 12.9. The molecule has 23 heavy (non-hydrogen) atoms. The molecule has 4 nitrogen and oxygen atoms in total. The maximum absolute atomic E-state index is 12.8. The third kappa shape index (κ3) is 1.75. The Kier molecular flexibility index (Phi) is 2.77. The van der Waals surface area contributed by atoms with Crippen molar-refractivity contribution in [3.63, 3.8) is 0 Å². The van der Waals surface area contributed by atoms with Crippen molar-refractivity contribution in [1.29, 1.82) is 0 Å². The molecule has 4 heteroatoms. The van der Waals surface area contributed by atoms with Crippen LogP contribution in [0.2, 0.25) is 0 Å². The van der Waals surface area contributed by atoms with Crippen LogP contribution in [0.3, 0.4) is 0 Å². The predicted octanol–water partition coefficient (Wildman–Crippen LogP) is 2.70. The van der Waals surface area contributed by atoms with Gasteiger partial charge in [-0.15, -0.1) is 0 Å². The molecular weight excluding hydrogens is 290 g/mol. The maximum atomic E-state index is 12.8. The van der Waals surface area contributed by atoms with Gasteiger partial charge in [0.15, 0.2) is 0 Å². The number of imide groups is 1. The number of hydrogen-bond acceptors (Lipinski definition) is 3. The van der Waals surface area contributed by atoms with Crippen LogP contribution < -0.4 is 0 Å². The van der Waals surface area contributed by atoms with E-state index in [2.05, 4.69) is 13.2 Å². The maximum Gasteiger partial charge on any atom is 0.262 e. The van der Waals surface area contributed by atoms with E-state index in [9.17, 15) is 14.7 Å². The standard InChI is InChI=1S/C19H19NO3/c1-3-12(2)18(10-19(23,11-18)13-8-9-13)20-16(21)14-6-4-5-7-15(14)17(20)22/h3-7,13,23H,1-2,8-11H2. The van der Waals surface area contributed by atoms with Gasteiger partial charge in [-0.3, -0.25) is 14.5 Å². The van der Waals surface area contributed by atoms with Crippen molar-refractivity contribution < 1.29 is 14.7 Å². The summed E-state index contributed by atoms with van der Waals surface area (Å²) in [4.78, 5) is 26.9. The van der Waals surface area contributed by atoms with Crippen LogP contribution in [0, 0.1) is 5.92 Å². The molecule has 0 radical (unpaired) electrons. The normalized spacial score (nSPS) is 32.5. The quantitative estimate of drug-likeness (QED) is 0.687. The second-order valence-electron chi connectivity index (χ2n) is 6.98. The lowest BCUT2D eigenvalue weighted by Crippen LogP contribution is -2.68. The van der Waals surface area contributed by atoms with E-state index in [0.717, 1.165) is 12.8 Å². The summed E-state index contributed by atoms with van der Waals surface area (Å²) >= 11 is 0. The second kappa shape index (κ2) is 4.42. The van der Waals surface area contributed by atoms with Crippen LogP contribution in [0.5, 0.6) is 0 Å². The van der Waals surface area contributed by atoms with Gasteiger partial charge >= 0.3 is 0 Å². The van der Waals surface area contributed by atoms with E-state index in [1.54, 1.807) is 30.3 Å². The number of fused-ring (bicyclic) bond motifs is 1. The molecule has 118 valence electrons.